The summed E-state index contributed by atoms with van der Waals surface area (Å²) >= 11 is 0. The largest absolute Gasteiger partial charge is 0.381 e. The number of nitrogens with zero attached hydrogens (tertiary/aromatic N) is 2. The number of nitrogens with one attached hydrogen (secondary N) is 1. The summed E-state index contributed by atoms with van der Waals surface area (Å²) in [7, 11) is 0. The number of ether oxygens (including phenoxy) is 1. The molecule has 0 aliphatic carbocycles. The highest BCUT2D eigenvalue weighted by Gasteiger charge is 2.28. The van der Waals surface area contributed by atoms with Crippen molar-refractivity contribution in [3.05, 3.63) is 54.1 Å². The maximum Gasteiger partial charge on any atom is 0.224 e. The SMILES string of the molecule is O=C(N[C@H](C[C@H]1CCOC1)c1ccccc1)[C@@H]1CCn2cncc2C1. The summed E-state index contributed by atoms with van der Waals surface area (Å²) in [6, 6.07) is 10.4. The lowest BCUT2D eigenvalue weighted by Gasteiger charge is -2.27. The summed E-state index contributed by atoms with van der Waals surface area (Å²) in [5.41, 5.74) is 2.34. The predicted molar refractivity (Wildman–Crippen MR) is 94.9 cm³/mol. The molecule has 2 aliphatic rings. The Labute approximate surface area is 148 Å². The van der Waals surface area contributed by atoms with Crippen LogP contribution in [0.4, 0.5) is 0 Å². The first kappa shape index (κ1) is 16.3. The van der Waals surface area contributed by atoms with Gasteiger partial charge in [-0.1, -0.05) is 30.3 Å². The summed E-state index contributed by atoms with van der Waals surface area (Å²) in [5.74, 6) is 0.730. The maximum atomic E-state index is 12.9. The summed E-state index contributed by atoms with van der Waals surface area (Å²) in [6.07, 6.45) is 7.42. The van der Waals surface area contributed by atoms with Gasteiger partial charge < -0.3 is 14.6 Å². The standard InChI is InChI=1S/C20H25N3O2/c24-20(17-6-8-23-14-21-12-18(23)11-17)22-19(10-15-7-9-25-13-15)16-4-2-1-3-5-16/h1-5,12,14-15,17,19H,6-11,13H2,(H,22,24)/t15-,17-,19-/m1/s1. The van der Waals surface area contributed by atoms with Crippen LogP contribution in [0.3, 0.4) is 0 Å². The van der Waals surface area contributed by atoms with Gasteiger partial charge in [-0.3, -0.25) is 4.79 Å². The van der Waals surface area contributed by atoms with Crippen molar-refractivity contribution in [2.75, 3.05) is 13.2 Å². The molecule has 1 aromatic carbocycles. The van der Waals surface area contributed by atoms with Crippen LogP contribution in [0.15, 0.2) is 42.9 Å². The molecule has 1 saturated heterocycles. The number of hydrogen-bond donors (Lipinski definition) is 1. The van der Waals surface area contributed by atoms with Gasteiger partial charge in [-0.15, -0.1) is 0 Å². The molecule has 0 spiro atoms. The second-order valence-corrected chi connectivity index (χ2v) is 7.21. The molecule has 1 N–H and O–H groups in total. The smallest absolute Gasteiger partial charge is 0.224 e. The average molecular weight is 339 g/mol. The van der Waals surface area contributed by atoms with Crippen LogP contribution in [-0.4, -0.2) is 28.7 Å². The number of aromatic nitrogens is 2. The molecule has 4 rings (SSSR count). The van der Waals surface area contributed by atoms with Crippen LogP contribution in [-0.2, 0) is 22.5 Å². The Morgan fingerprint density at radius 3 is 3.00 bits per heavy atom. The Balaban J connectivity index is 1.45. The third-order valence-electron chi connectivity index (χ3n) is 5.45. The zero-order chi connectivity index (χ0) is 17.1. The van der Waals surface area contributed by atoms with Crippen LogP contribution < -0.4 is 5.32 Å². The number of hydrogen-bond acceptors (Lipinski definition) is 3. The fraction of sp³-hybridized carbons (Fsp3) is 0.500. The molecule has 0 bridgehead atoms. The third kappa shape index (κ3) is 3.76. The van der Waals surface area contributed by atoms with Crippen molar-refractivity contribution in [2.45, 2.75) is 38.3 Å². The van der Waals surface area contributed by atoms with Gasteiger partial charge in [0, 0.05) is 44.0 Å². The van der Waals surface area contributed by atoms with E-state index in [0.29, 0.717) is 5.92 Å². The van der Waals surface area contributed by atoms with Crippen LogP contribution in [0.25, 0.3) is 0 Å². The number of fused-ring (bicyclic) bond motifs is 1. The van der Waals surface area contributed by atoms with Crippen LogP contribution in [0.1, 0.15) is 36.6 Å². The Bertz CT molecular complexity index is 707. The minimum atomic E-state index is 0.0373. The molecular formula is C20H25N3O2. The Hall–Kier alpha value is -2.14. The van der Waals surface area contributed by atoms with Crippen LogP contribution >= 0.6 is 0 Å². The molecule has 5 heteroatoms. The van der Waals surface area contributed by atoms with Gasteiger partial charge in [-0.2, -0.15) is 0 Å². The van der Waals surface area contributed by atoms with Crippen molar-refractivity contribution in [2.24, 2.45) is 11.8 Å². The van der Waals surface area contributed by atoms with Gasteiger partial charge in [-0.25, -0.2) is 4.98 Å². The van der Waals surface area contributed by atoms with E-state index in [1.165, 1.54) is 5.56 Å². The maximum absolute atomic E-state index is 12.9. The highest BCUT2D eigenvalue weighted by Crippen LogP contribution is 2.28. The Morgan fingerprint density at radius 1 is 1.32 bits per heavy atom. The highest BCUT2D eigenvalue weighted by molar-refractivity contribution is 5.79. The molecule has 1 fully saturated rings. The average Bonchev–Trinajstić information content (AvgIpc) is 3.32. The van der Waals surface area contributed by atoms with E-state index in [1.807, 2.05) is 30.7 Å². The van der Waals surface area contributed by atoms with Gasteiger partial charge >= 0.3 is 0 Å². The lowest BCUT2D eigenvalue weighted by Crippen LogP contribution is -2.38. The lowest BCUT2D eigenvalue weighted by atomic mass is 9.91. The van der Waals surface area contributed by atoms with E-state index in [4.69, 9.17) is 4.74 Å². The van der Waals surface area contributed by atoms with Crippen molar-refractivity contribution in [3.63, 3.8) is 0 Å². The fourth-order valence-electron chi connectivity index (χ4n) is 3.95. The number of aryl methyl sites for hydroxylation is 1. The van der Waals surface area contributed by atoms with E-state index in [1.54, 1.807) is 0 Å². The molecule has 5 nitrogen and oxygen atoms in total. The van der Waals surface area contributed by atoms with Crippen LogP contribution in [0.2, 0.25) is 0 Å². The van der Waals surface area contributed by atoms with Crippen LogP contribution in [0.5, 0.6) is 0 Å². The van der Waals surface area contributed by atoms with E-state index < -0.39 is 0 Å². The summed E-state index contributed by atoms with van der Waals surface area (Å²) in [5, 5.41) is 3.33. The van der Waals surface area contributed by atoms with Crippen molar-refractivity contribution in [1.29, 1.82) is 0 Å². The molecule has 0 radical (unpaired) electrons. The van der Waals surface area contributed by atoms with Gasteiger partial charge in [0.25, 0.3) is 0 Å². The van der Waals surface area contributed by atoms with E-state index >= 15 is 0 Å². The lowest BCUT2D eigenvalue weighted by molar-refractivity contribution is -0.126. The molecule has 3 atom stereocenters. The number of carbonyl (C=O) groups is 1. The molecule has 25 heavy (non-hydrogen) atoms. The van der Waals surface area contributed by atoms with Gasteiger partial charge in [0.05, 0.1) is 12.4 Å². The molecule has 0 unspecified atom stereocenters. The van der Waals surface area contributed by atoms with Crippen LogP contribution in [0, 0.1) is 11.8 Å². The molecule has 2 aromatic rings. The van der Waals surface area contributed by atoms with Gasteiger partial charge in [0.1, 0.15) is 0 Å². The van der Waals surface area contributed by atoms with Crippen molar-refractivity contribution in [3.8, 4) is 0 Å². The molecular weight excluding hydrogens is 314 g/mol. The minimum Gasteiger partial charge on any atom is -0.381 e. The first-order chi connectivity index (χ1) is 12.3. The Kier molecular flexibility index (Phi) is 4.83. The number of benzene rings is 1. The molecule has 2 aliphatic heterocycles. The van der Waals surface area contributed by atoms with E-state index in [9.17, 15) is 4.79 Å². The van der Waals surface area contributed by atoms with Gasteiger partial charge in [-0.05, 0) is 30.7 Å². The quantitative estimate of drug-likeness (QED) is 0.911. The van der Waals surface area contributed by atoms with Crippen molar-refractivity contribution < 1.29 is 9.53 Å². The molecule has 0 saturated carbocycles. The summed E-state index contributed by atoms with van der Waals surface area (Å²) in [4.78, 5) is 17.1. The number of rotatable bonds is 5. The monoisotopic (exact) mass is 339 g/mol. The number of imidazole rings is 1. The normalized spacial score (nSPS) is 23.8. The molecule has 1 aromatic heterocycles. The zero-order valence-electron chi connectivity index (χ0n) is 14.4. The summed E-state index contributed by atoms with van der Waals surface area (Å²) < 4.78 is 7.67. The highest BCUT2D eigenvalue weighted by atomic mass is 16.5. The van der Waals surface area contributed by atoms with Gasteiger partial charge in [0.15, 0.2) is 0 Å². The first-order valence-corrected chi connectivity index (χ1v) is 9.21. The van der Waals surface area contributed by atoms with E-state index in [0.717, 1.165) is 51.1 Å². The summed E-state index contributed by atoms with van der Waals surface area (Å²) in [6.45, 7) is 2.52. The fourth-order valence-corrected chi connectivity index (χ4v) is 3.95. The van der Waals surface area contributed by atoms with E-state index in [2.05, 4.69) is 27.0 Å². The molecule has 3 heterocycles. The first-order valence-electron chi connectivity index (χ1n) is 9.21. The zero-order valence-corrected chi connectivity index (χ0v) is 14.4. The third-order valence-corrected chi connectivity index (χ3v) is 5.45. The topological polar surface area (TPSA) is 56.1 Å². The second-order valence-electron chi connectivity index (χ2n) is 7.21. The van der Waals surface area contributed by atoms with Crippen molar-refractivity contribution >= 4 is 5.91 Å². The minimum absolute atomic E-state index is 0.0373. The predicted octanol–water partition coefficient (Wildman–Crippen LogP) is 2.73. The number of carbonyl (C=O) groups excluding carboxylic acids is 1. The van der Waals surface area contributed by atoms with E-state index in [-0.39, 0.29) is 17.9 Å². The Morgan fingerprint density at radius 2 is 2.20 bits per heavy atom. The molecule has 132 valence electrons. The molecule has 1 amide bonds. The number of amides is 1. The van der Waals surface area contributed by atoms with Gasteiger partial charge in [0.2, 0.25) is 5.91 Å². The second kappa shape index (κ2) is 7.40. The van der Waals surface area contributed by atoms with Crippen molar-refractivity contribution in [1.82, 2.24) is 14.9 Å².